The first-order valence-corrected chi connectivity index (χ1v) is 3.87. The maximum atomic E-state index is 11.5. The van der Waals surface area contributed by atoms with Gasteiger partial charge in [-0.05, 0) is 20.8 Å². The molecule has 0 aliphatic rings. The van der Waals surface area contributed by atoms with Crippen LogP contribution in [-0.4, -0.2) is 15.3 Å². The highest BCUT2D eigenvalue weighted by Crippen LogP contribution is 2.20. The zero-order valence-electron chi connectivity index (χ0n) is 7.90. The van der Waals surface area contributed by atoms with Crippen molar-refractivity contribution in [3.8, 4) is 0 Å². The lowest BCUT2D eigenvalue weighted by Crippen LogP contribution is -2.37. The molecular formula is C8H14N3O. The molecule has 0 amide bonds. The lowest BCUT2D eigenvalue weighted by molar-refractivity contribution is 0.102. The van der Waals surface area contributed by atoms with Crippen molar-refractivity contribution in [1.82, 2.24) is 9.78 Å². The Bertz CT molecular complexity index is 262. The summed E-state index contributed by atoms with van der Waals surface area (Å²) in [5, 5.41) is 16.4. The lowest BCUT2D eigenvalue weighted by Gasteiger charge is -2.27. The van der Waals surface area contributed by atoms with Gasteiger partial charge in [-0.1, -0.05) is 5.21 Å². The smallest absolute Gasteiger partial charge is 0.105 e. The molecule has 0 atom stereocenters. The molecule has 0 spiro atoms. The molecule has 0 fully saturated rings. The van der Waals surface area contributed by atoms with E-state index >= 15 is 0 Å². The third-order valence-electron chi connectivity index (χ3n) is 1.54. The largest absolute Gasteiger partial charge is 0.274 e. The summed E-state index contributed by atoms with van der Waals surface area (Å²) in [5.41, 5.74) is 0.202. The zero-order valence-corrected chi connectivity index (χ0v) is 7.90. The maximum Gasteiger partial charge on any atom is 0.105 e. The summed E-state index contributed by atoms with van der Waals surface area (Å²) in [6, 6.07) is 0. The van der Waals surface area contributed by atoms with Crippen LogP contribution < -0.4 is 5.06 Å². The van der Waals surface area contributed by atoms with Crippen LogP contribution >= 0.6 is 0 Å². The Morgan fingerprint density at radius 3 is 2.42 bits per heavy atom. The Hall–Kier alpha value is -1.03. The van der Waals surface area contributed by atoms with Gasteiger partial charge in [0.2, 0.25) is 0 Å². The molecule has 1 radical (unpaired) electrons. The Labute approximate surface area is 72.4 Å². The van der Waals surface area contributed by atoms with Crippen molar-refractivity contribution < 1.29 is 5.21 Å². The highest BCUT2D eigenvalue weighted by atomic mass is 16.5. The van der Waals surface area contributed by atoms with Gasteiger partial charge >= 0.3 is 0 Å². The minimum absolute atomic E-state index is 0.400. The molecular weight excluding hydrogens is 154 g/mol. The maximum absolute atomic E-state index is 11.5. The molecule has 0 aromatic carbocycles. The molecule has 12 heavy (non-hydrogen) atoms. The predicted octanol–water partition coefficient (Wildman–Crippen LogP) is 1.37. The first-order valence-electron chi connectivity index (χ1n) is 3.87. The fourth-order valence-corrected chi connectivity index (χ4v) is 0.900. The number of rotatable bonds is 1. The molecule has 1 rings (SSSR count). The van der Waals surface area contributed by atoms with Crippen molar-refractivity contribution in [3.63, 3.8) is 0 Å². The average molecular weight is 168 g/mol. The molecule has 0 aliphatic carbocycles. The highest BCUT2D eigenvalue weighted by Gasteiger charge is 2.22. The van der Waals surface area contributed by atoms with E-state index in [1.807, 2.05) is 20.8 Å². The molecule has 4 heteroatoms. The number of nitrogens with zero attached hydrogens (tertiary/aromatic N) is 3. The Kier molecular flexibility index (Phi) is 2.10. The van der Waals surface area contributed by atoms with Gasteiger partial charge in [0.25, 0.3) is 0 Å². The molecule has 4 nitrogen and oxygen atoms in total. The van der Waals surface area contributed by atoms with Gasteiger partial charge in [-0.25, -0.2) is 5.06 Å². The zero-order chi connectivity index (χ0) is 9.35. The number of anilines is 1. The summed E-state index contributed by atoms with van der Waals surface area (Å²) in [6.45, 7) is 5.60. The van der Waals surface area contributed by atoms with Gasteiger partial charge in [0.15, 0.2) is 0 Å². The molecule has 67 valence electrons. The minimum atomic E-state index is -0.400. The van der Waals surface area contributed by atoms with Gasteiger partial charge < -0.3 is 0 Å². The van der Waals surface area contributed by atoms with E-state index in [0.717, 1.165) is 5.06 Å². The summed E-state index contributed by atoms with van der Waals surface area (Å²) in [6.07, 6.45) is 3.27. The van der Waals surface area contributed by atoms with Crippen LogP contribution in [0.1, 0.15) is 20.8 Å². The van der Waals surface area contributed by atoms with Crippen LogP contribution in [0.25, 0.3) is 0 Å². The Balaban J connectivity index is 2.85. The van der Waals surface area contributed by atoms with Crippen LogP contribution in [0.4, 0.5) is 5.69 Å². The van der Waals surface area contributed by atoms with E-state index in [-0.39, 0.29) is 0 Å². The topological polar surface area (TPSA) is 41.0 Å². The standard InChI is InChI=1S/C8H14N3O/c1-8(2,3)11(12)7-5-9-10(4)6-7/h5-6H,1-4H3. The Morgan fingerprint density at radius 1 is 1.50 bits per heavy atom. The summed E-state index contributed by atoms with van der Waals surface area (Å²) in [4.78, 5) is 0. The second kappa shape index (κ2) is 2.79. The van der Waals surface area contributed by atoms with Crippen LogP contribution in [0, 0.1) is 0 Å². The van der Waals surface area contributed by atoms with Crippen molar-refractivity contribution in [2.45, 2.75) is 26.3 Å². The van der Waals surface area contributed by atoms with E-state index in [0.29, 0.717) is 5.69 Å². The van der Waals surface area contributed by atoms with Crippen LogP contribution in [0.3, 0.4) is 0 Å². The van der Waals surface area contributed by atoms with E-state index in [1.165, 1.54) is 0 Å². The molecule has 1 aromatic heterocycles. The van der Waals surface area contributed by atoms with E-state index in [9.17, 15) is 5.21 Å². The van der Waals surface area contributed by atoms with E-state index in [4.69, 9.17) is 0 Å². The van der Waals surface area contributed by atoms with Crippen molar-refractivity contribution in [1.29, 1.82) is 0 Å². The van der Waals surface area contributed by atoms with Crippen LogP contribution in [-0.2, 0) is 12.3 Å². The number of aryl methyl sites for hydroxylation is 1. The monoisotopic (exact) mass is 168 g/mol. The second-order valence-corrected chi connectivity index (χ2v) is 3.84. The fourth-order valence-electron chi connectivity index (χ4n) is 0.900. The van der Waals surface area contributed by atoms with Gasteiger partial charge in [0, 0.05) is 7.05 Å². The third-order valence-corrected chi connectivity index (χ3v) is 1.54. The molecule has 0 N–H and O–H groups in total. The van der Waals surface area contributed by atoms with Crippen LogP contribution in [0.2, 0.25) is 0 Å². The normalized spacial score (nSPS) is 11.8. The van der Waals surface area contributed by atoms with Crippen molar-refractivity contribution in [3.05, 3.63) is 12.4 Å². The lowest BCUT2D eigenvalue weighted by atomic mass is 10.1. The molecule has 0 aliphatic heterocycles. The molecule has 1 aromatic rings. The van der Waals surface area contributed by atoms with Crippen molar-refractivity contribution >= 4 is 5.69 Å². The van der Waals surface area contributed by atoms with Gasteiger partial charge in [0.1, 0.15) is 5.69 Å². The van der Waals surface area contributed by atoms with Crippen LogP contribution in [0.5, 0.6) is 0 Å². The molecule has 1 heterocycles. The van der Waals surface area contributed by atoms with Crippen molar-refractivity contribution in [2.75, 3.05) is 5.06 Å². The number of aromatic nitrogens is 2. The molecule has 0 bridgehead atoms. The average Bonchev–Trinajstić information content (AvgIpc) is 2.32. The predicted molar refractivity (Wildman–Crippen MR) is 46.1 cm³/mol. The Morgan fingerprint density at radius 2 is 2.08 bits per heavy atom. The number of hydroxylamine groups is 1. The minimum Gasteiger partial charge on any atom is -0.274 e. The van der Waals surface area contributed by atoms with Gasteiger partial charge in [0.05, 0.1) is 17.9 Å². The van der Waals surface area contributed by atoms with E-state index in [2.05, 4.69) is 5.10 Å². The van der Waals surface area contributed by atoms with Gasteiger partial charge in [-0.3, -0.25) is 4.68 Å². The molecule has 0 saturated heterocycles. The third kappa shape index (κ3) is 1.76. The highest BCUT2D eigenvalue weighted by molar-refractivity contribution is 5.40. The summed E-state index contributed by atoms with van der Waals surface area (Å²) < 4.78 is 1.62. The van der Waals surface area contributed by atoms with Crippen molar-refractivity contribution in [2.24, 2.45) is 7.05 Å². The fraction of sp³-hybridized carbons (Fsp3) is 0.625. The quantitative estimate of drug-likeness (QED) is 0.594. The molecule has 0 saturated carbocycles. The first kappa shape index (κ1) is 9.06. The number of hydrogen-bond donors (Lipinski definition) is 0. The van der Waals surface area contributed by atoms with Crippen LogP contribution in [0.15, 0.2) is 12.4 Å². The van der Waals surface area contributed by atoms with E-state index in [1.54, 1.807) is 24.1 Å². The SMILES string of the molecule is Cn1cc(N([O])C(C)(C)C)cn1. The van der Waals surface area contributed by atoms with Gasteiger partial charge in [-0.2, -0.15) is 5.10 Å². The molecule has 0 unspecified atom stereocenters. The first-order chi connectivity index (χ1) is 5.41. The summed E-state index contributed by atoms with van der Waals surface area (Å²) >= 11 is 0. The second-order valence-electron chi connectivity index (χ2n) is 3.84. The summed E-state index contributed by atoms with van der Waals surface area (Å²) in [5.74, 6) is 0. The van der Waals surface area contributed by atoms with Gasteiger partial charge in [-0.15, -0.1) is 0 Å². The number of hydrogen-bond acceptors (Lipinski definition) is 2. The van der Waals surface area contributed by atoms with E-state index < -0.39 is 5.54 Å². The summed E-state index contributed by atoms with van der Waals surface area (Å²) in [7, 11) is 1.79.